The highest BCUT2D eigenvalue weighted by Crippen LogP contribution is 2.40. The van der Waals surface area contributed by atoms with E-state index in [4.69, 9.17) is 0 Å². The second-order valence-corrected chi connectivity index (χ2v) is 8.11. The Bertz CT molecular complexity index is 732. The van der Waals surface area contributed by atoms with E-state index in [9.17, 15) is 4.79 Å². The maximum atomic E-state index is 12.5. The molecule has 7 heteroatoms. The molecule has 0 aliphatic carbocycles. The zero-order valence-corrected chi connectivity index (χ0v) is 15.3. The van der Waals surface area contributed by atoms with Gasteiger partial charge in [0.25, 0.3) is 0 Å². The number of amides is 1. The molecule has 2 aromatic rings. The van der Waals surface area contributed by atoms with Gasteiger partial charge in [-0.2, -0.15) is 0 Å². The Balaban J connectivity index is 1.49. The maximum absolute atomic E-state index is 12.5. The van der Waals surface area contributed by atoms with Crippen LogP contribution in [0.15, 0.2) is 24.0 Å². The van der Waals surface area contributed by atoms with E-state index in [-0.39, 0.29) is 11.3 Å². The second kappa shape index (κ2) is 6.71. The fourth-order valence-electron chi connectivity index (χ4n) is 4.02. The summed E-state index contributed by atoms with van der Waals surface area (Å²) in [6.07, 6.45) is 9.37. The molecule has 2 aliphatic rings. The number of hydrogen-bond acceptors (Lipinski definition) is 6. The van der Waals surface area contributed by atoms with E-state index < -0.39 is 0 Å². The van der Waals surface area contributed by atoms with Crippen molar-refractivity contribution in [1.82, 2.24) is 19.9 Å². The molecule has 0 unspecified atom stereocenters. The molecule has 2 aromatic heterocycles. The largest absolute Gasteiger partial charge is 0.347 e. The summed E-state index contributed by atoms with van der Waals surface area (Å²) in [5.41, 5.74) is 1.94. The molecular formula is C18H23N5OS. The smallest absolute Gasteiger partial charge is 0.222 e. The van der Waals surface area contributed by atoms with Gasteiger partial charge < -0.3 is 9.80 Å². The number of piperidine rings is 2. The van der Waals surface area contributed by atoms with Gasteiger partial charge in [0.05, 0.1) is 24.1 Å². The topological polar surface area (TPSA) is 62.2 Å². The summed E-state index contributed by atoms with van der Waals surface area (Å²) in [5, 5.41) is 3.13. The average molecular weight is 357 g/mol. The number of carbonyl (C=O) groups is 1. The van der Waals surface area contributed by atoms with Gasteiger partial charge in [-0.15, -0.1) is 11.3 Å². The van der Waals surface area contributed by atoms with Crippen molar-refractivity contribution in [2.45, 2.75) is 39.2 Å². The van der Waals surface area contributed by atoms with Gasteiger partial charge in [0.2, 0.25) is 5.91 Å². The molecule has 0 saturated carbocycles. The molecule has 0 radical (unpaired) electrons. The predicted molar refractivity (Wildman–Crippen MR) is 97.4 cm³/mol. The summed E-state index contributed by atoms with van der Waals surface area (Å²) in [7, 11) is 0. The molecule has 0 bridgehead atoms. The van der Waals surface area contributed by atoms with Gasteiger partial charge in [0, 0.05) is 49.2 Å². The molecule has 4 rings (SSSR count). The lowest BCUT2D eigenvalue weighted by Gasteiger charge is -2.48. The lowest BCUT2D eigenvalue weighted by molar-refractivity contribution is -0.138. The van der Waals surface area contributed by atoms with Crippen molar-refractivity contribution < 1.29 is 4.79 Å². The molecule has 132 valence electrons. The van der Waals surface area contributed by atoms with Crippen molar-refractivity contribution in [1.29, 1.82) is 0 Å². The number of aromatic nitrogens is 3. The van der Waals surface area contributed by atoms with Gasteiger partial charge in [-0.25, -0.2) is 4.98 Å². The van der Waals surface area contributed by atoms with Crippen LogP contribution in [0, 0.1) is 12.3 Å². The number of anilines is 1. The van der Waals surface area contributed by atoms with E-state index in [1.54, 1.807) is 23.7 Å². The minimum atomic E-state index is 0.177. The number of nitrogens with zero attached hydrogens (tertiary/aromatic N) is 5. The summed E-state index contributed by atoms with van der Waals surface area (Å²) >= 11 is 1.70. The number of thiazole rings is 1. The van der Waals surface area contributed by atoms with Gasteiger partial charge in [0.15, 0.2) is 5.13 Å². The van der Waals surface area contributed by atoms with Gasteiger partial charge >= 0.3 is 0 Å². The molecule has 25 heavy (non-hydrogen) atoms. The van der Waals surface area contributed by atoms with E-state index >= 15 is 0 Å². The molecule has 4 heterocycles. The standard InChI is InChI=1S/C18H23N5OS/c1-14-9-21-15(10-20-14)11-23-13-18(5-3-16(23)24)4-2-7-22(12-18)17-19-6-8-25-17/h6,8-10H,2-5,7,11-13H2,1H3/t18-/m1/s1. The molecule has 0 N–H and O–H groups in total. The van der Waals surface area contributed by atoms with Crippen LogP contribution in [0.2, 0.25) is 0 Å². The number of hydrogen-bond donors (Lipinski definition) is 0. The van der Waals surface area contributed by atoms with Gasteiger partial charge in [-0.05, 0) is 26.2 Å². The van der Waals surface area contributed by atoms with Crippen LogP contribution < -0.4 is 4.90 Å². The summed E-state index contributed by atoms with van der Waals surface area (Å²) in [6, 6.07) is 0. The normalized spacial score (nSPS) is 24.1. The molecule has 1 amide bonds. The summed E-state index contributed by atoms with van der Waals surface area (Å²) in [4.78, 5) is 30.0. The maximum Gasteiger partial charge on any atom is 0.222 e. The number of likely N-dealkylation sites (tertiary alicyclic amines) is 1. The first kappa shape index (κ1) is 16.4. The Morgan fingerprint density at radius 3 is 2.88 bits per heavy atom. The highest BCUT2D eigenvalue weighted by Gasteiger charge is 2.42. The third kappa shape index (κ3) is 3.51. The van der Waals surface area contributed by atoms with E-state index in [1.165, 1.54) is 6.42 Å². The molecule has 0 aromatic carbocycles. The lowest BCUT2D eigenvalue weighted by Crippen LogP contribution is -2.53. The van der Waals surface area contributed by atoms with E-state index in [0.717, 1.165) is 49.0 Å². The Hall–Kier alpha value is -2.02. The van der Waals surface area contributed by atoms with Gasteiger partial charge in [-0.1, -0.05) is 0 Å². The number of rotatable bonds is 3. The van der Waals surface area contributed by atoms with E-state index in [0.29, 0.717) is 13.0 Å². The Labute approximate surface area is 151 Å². The van der Waals surface area contributed by atoms with E-state index in [1.807, 2.05) is 23.4 Å². The minimum absolute atomic E-state index is 0.177. The number of aryl methyl sites for hydroxylation is 1. The fourth-order valence-corrected chi connectivity index (χ4v) is 4.69. The quantitative estimate of drug-likeness (QED) is 0.845. The molecule has 2 saturated heterocycles. The summed E-state index contributed by atoms with van der Waals surface area (Å²) in [5.74, 6) is 0.236. The van der Waals surface area contributed by atoms with Crippen molar-refractivity contribution >= 4 is 22.4 Å². The lowest BCUT2D eigenvalue weighted by atomic mass is 9.73. The molecule has 6 nitrogen and oxygen atoms in total. The summed E-state index contributed by atoms with van der Waals surface area (Å²) < 4.78 is 0. The second-order valence-electron chi connectivity index (χ2n) is 7.24. The van der Waals surface area contributed by atoms with E-state index in [2.05, 4.69) is 19.9 Å². The van der Waals surface area contributed by atoms with Crippen LogP contribution in [0.5, 0.6) is 0 Å². The fraction of sp³-hybridized carbons (Fsp3) is 0.556. The Morgan fingerprint density at radius 2 is 2.12 bits per heavy atom. The third-order valence-electron chi connectivity index (χ3n) is 5.29. The average Bonchev–Trinajstić information content (AvgIpc) is 3.15. The van der Waals surface area contributed by atoms with Crippen LogP contribution >= 0.6 is 11.3 Å². The molecule has 1 atom stereocenters. The monoisotopic (exact) mass is 357 g/mol. The predicted octanol–water partition coefficient (Wildman–Crippen LogP) is 2.65. The van der Waals surface area contributed by atoms with Crippen molar-refractivity contribution in [3.63, 3.8) is 0 Å². The van der Waals surface area contributed by atoms with Crippen LogP contribution in [0.1, 0.15) is 37.1 Å². The Kier molecular flexibility index (Phi) is 4.41. The SMILES string of the molecule is Cc1cnc(CN2C[C@]3(CCCN(c4nccs4)C3)CCC2=O)cn1. The van der Waals surface area contributed by atoms with Crippen molar-refractivity contribution in [3.8, 4) is 0 Å². The molecular weight excluding hydrogens is 334 g/mol. The minimum Gasteiger partial charge on any atom is -0.347 e. The highest BCUT2D eigenvalue weighted by molar-refractivity contribution is 7.13. The highest BCUT2D eigenvalue weighted by atomic mass is 32.1. The molecule has 2 fully saturated rings. The van der Waals surface area contributed by atoms with Crippen LogP contribution in [0.3, 0.4) is 0 Å². The molecule has 2 aliphatic heterocycles. The Morgan fingerprint density at radius 1 is 1.20 bits per heavy atom. The van der Waals surface area contributed by atoms with Crippen molar-refractivity contribution in [2.75, 3.05) is 24.5 Å². The number of carbonyl (C=O) groups excluding carboxylic acids is 1. The first-order chi connectivity index (χ1) is 12.1. The first-order valence-corrected chi connectivity index (χ1v) is 9.71. The van der Waals surface area contributed by atoms with Gasteiger partial charge in [-0.3, -0.25) is 14.8 Å². The van der Waals surface area contributed by atoms with Gasteiger partial charge in [0.1, 0.15) is 0 Å². The first-order valence-electron chi connectivity index (χ1n) is 8.83. The van der Waals surface area contributed by atoms with Crippen LogP contribution in [0.4, 0.5) is 5.13 Å². The zero-order chi connectivity index (χ0) is 17.3. The zero-order valence-electron chi connectivity index (χ0n) is 14.5. The molecule has 1 spiro atoms. The van der Waals surface area contributed by atoms with Crippen LogP contribution in [-0.4, -0.2) is 45.4 Å². The van der Waals surface area contributed by atoms with Crippen LogP contribution in [-0.2, 0) is 11.3 Å². The van der Waals surface area contributed by atoms with Crippen molar-refractivity contribution in [2.24, 2.45) is 5.41 Å². The summed E-state index contributed by atoms with van der Waals surface area (Å²) in [6.45, 7) is 5.35. The van der Waals surface area contributed by atoms with Crippen molar-refractivity contribution in [3.05, 3.63) is 35.4 Å². The van der Waals surface area contributed by atoms with Crippen LogP contribution in [0.25, 0.3) is 0 Å². The third-order valence-corrected chi connectivity index (χ3v) is 6.12.